The third-order valence-electron chi connectivity index (χ3n) is 3.18. The third kappa shape index (κ3) is 4.03. The van der Waals surface area contributed by atoms with Crippen LogP contribution in [0.1, 0.15) is 23.0 Å². The molecule has 2 aromatic rings. The van der Waals surface area contributed by atoms with Gasteiger partial charge in [-0.25, -0.2) is 0 Å². The molecule has 3 nitrogen and oxygen atoms in total. The van der Waals surface area contributed by atoms with Crippen LogP contribution in [0.2, 0.25) is 0 Å². The van der Waals surface area contributed by atoms with Crippen molar-refractivity contribution in [3.63, 3.8) is 0 Å². The number of aryl methyl sites for hydroxylation is 2. The number of hydrogen-bond donors (Lipinski definition) is 0. The van der Waals surface area contributed by atoms with Crippen LogP contribution in [0.25, 0.3) is 0 Å². The number of carbonyl (C=O) groups excluding carboxylic acids is 1. The first-order valence-corrected chi connectivity index (χ1v) is 5.99. The van der Waals surface area contributed by atoms with E-state index < -0.39 is 12.0 Å². The van der Waals surface area contributed by atoms with Gasteiger partial charge in [0.15, 0.2) is 0 Å². The van der Waals surface area contributed by atoms with E-state index in [1.54, 1.807) is 0 Å². The van der Waals surface area contributed by atoms with Crippen LogP contribution in [0.3, 0.4) is 0 Å². The largest absolute Gasteiger partial charge is 0.548 e. The maximum absolute atomic E-state index is 11.4. The minimum atomic E-state index is -1.04. The Morgan fingerprint density at radius 2 is 1.63 bits per heavy atom. The number of aliphatic carboxylic acids is 1. The van der Waals surface area contributed by atoms with Gasteiger partial charge in [0.2, 0.25) is 0 Å². The van der Waals surface area contributed by atoms with Crippen LogP contribution in [0, 0.1) is 13.8 Å². The summed E-state index contributed by atoms with van der Waals surface area (Å²) < 4.78 is 1.82. The number of benzene rings is 1. The van der Waals surface area contributed by atoms with Gasteiger partial charge in [0.1, 0.15) is 0 Å². The molecule has 0 N–H and O–H groups in total. The zero-order valence-electron chi connectivity index (χ0n) is 11.6. The van der Waals surface area contributed by atoms with Gasteiger partial charge in [-0.3, -0.25) is 0 Å². The Hall–Kier alpha value is -0.394. The molecule has 0 aliphatic rings. The van der Waals surface area contributed by atoms with E-state index in [1.807, 2.05) is 60.9 Å². The molecule has 1 unspecified atom stereocenters. The number of aromatic nitrogens is 1. The molecule has 0 saturated heterocycles. The average molecular weight is 281 g/mol. The molecule has 0 bridgehead atoms. The summed E-state index contributed by atoms with van der Waals surface area (Å²) in [5.74, 6) is -1.04. The molecule has 0 aliphatic heterocycles. The van der Waals surface area contributed by atoms with Crippen molar-refractivity contribution in [2.45, 2.75) is 26.3 Å². The Morgan fingerprint density at radius 3 is 2.11 bits per heavy atom. The maximum atomic E-state index is 11.4. The maximum Gasteiger partial charge on any atom is 0.0769 e. The SMILES string of the molecule is Cc1ccc(C)n1C(Cc1ccccc1)C(=O)[O-].[K]. The standard InChI is InChI=1S/C15H17NO2.K/c1-11-8-9-12(2)16(11)14(15(17)18)10-13-6-4-3-5-7-13;/h3-9,14H,10H2,1-2H3,(H,17,18);/p-1. The van der Waals surface area contributed by atoms with Gasteiger partial charge < -0.3 is 14.5 Å². The number of carboxylic acid groups (broad SMARTS) is 1. The van der Waals surface area contributed by atoms with E-state index in [2.05, 4.69) is 0 Å². The van der Waals surface area contributed by atoms with Gasteiger partial charge in [-0.1, -0.05) is 30.3 Å². The van der Waals surface area contributed by atoms with Gasteiger partial charge in [0.25, 0.3) is 0 Å². The predicted octanol–water partition coefficient (Wildman–Crippen LogP) is 1.26. The molecule has 0 fully saturated rings. The Morgan fingerprint density at radius 1 is 1.11 bits per heavy atom. The molecule has 0 amide bonds. The van der Waals surface area contributed by atoms with Crippen LogP contribution in [0.4, 0.5) is 0 Å². The van der Waals surface area contributed by atoms with Crippen LogP contribution in [0.5, 0.6) is 0 Å². The first-order chi connectivity index (χ1) is 8.59. The van der Waals surface area contributed by atoms with E-state index in [4.69, 9.17) is 0 Å². The minimum absolute atomic E-state index is 0. The van der Waals surface area contributed by atoms with Gasteiger partial charge in [-0.15, -0.1) is 0 Å². The fraction of sp³-hybridized carbons (Fsp3) is 0.267. The fourth-order valence-electron chi connectivity index (χ4n) is 2.29. The van der Waals surface area contributed by atoms with Crippen LogP contribution < -0.4 is 5.11 Å². The smallest absolute Gasteiger partial charge is 0.0769 e. The Labute approximate surface area is 156 Å². The van der Waals surface area contributed by atoms with E-state index in [0.717, 1.165) is 17.0 Å². The van der Waals surface area contributed by atoms with Gasteiger partial charge in [-0.05, 0) is 38.0 Å². The summed E-state index contributed by atoms with van der Waals surface area (Å²) >= 11 is 0. The number of carboxylic acids is 1. The van der Waals surface area contributed by atoms with Crippen LogP contribution in [-0.4, -0.2) is 61.9 Å². The van der Waals surface area contributed by atoms with E-state index in [-0.39, 0.29) is 51.4 Å². The third-order valence-corrected chi connectivity index (χ3v) is 3.18. The van der Waals surface area contributed by atoms with E-state index >= 15 is 0 Å². The van der Waals surface area contributed by atoms with Gasteiger partial charge in [0, 0.05) is 62.8 Å². The summed E-state index contributed by atoms with van der Waals surface area (Å²) in [6, 6.07) is 12.8. The van der Waals surface area contributed by atoms with Gasteiger partial charge in [0.05, 0.1) is 12.0 Å². The number of nitrogens with zero attached hydrogens (tertiary/aromatic N) is 1. The topological polar surface area (TPSA) is 45.1 Å². The Bertz CT molecular complexity index is 529. The van der Waals surface area contributed by atoms with Crippen molar-refractivity contribution in [1.82, 2.24) is 4.57 Å². The van der Waals surface area contributed by atoms with E-state index in [0.29, 0.717) is 6.42 Å². The minimum Gasteiger partial charge on any atom is -0.548 e. The molecule has 1 heterocycles. The van der Waals surface area contributed by atoms with E-state index in [9.17, 15) is 9.90 Å². The molecule has 0 spiro atoms. The van der Waals surface area contributed by atoms with Gasteiger partial charge >= 0.3 is 0 Å². The summed E-state index contributed by atoms with van der Waals surface area (Å²) in [5.41, 5.74) is 2.88. The molecule has 0 aliphatic carbocycles. The van der Waals surface area contributed by atoms with Crippen molar-refractivity contribution in [2.75, 3.05) is 0 Å². The molecule has 19 heavy (non-hydrogen) atoms. The quantitative estimate of drug-likeness (QED) is 0.792. The molecule has 0 saturated carbocycles. The first-order valence-electron chi connectivity index (χ1n) is 5.99. The summed E-state index contributed by atoms with van der Waals surface area (Å²) in [6.45, 7) is 3.82. The summed E-state index contributed by atoms with van der Waals surface area (Å²) in [5, 5.41) is 11.4. The molecule has 1 atom stereocenters. The first kappa shape index (κ1) is 16.7. The molecule has 1 aromatic carbocycles. The second kappa shape index (κ2) is 7.40. The molecule has 95 valence electrons. The Balaban J connectivity index is 0.00000180. The predicted molar refractivity (Wildman–Crippen MR) is 73.9 cm³/mol. The van der Waals surface area contributed by atoms with Crippen LogP contribution in [-0.2, 0) is 11.2 Å². The van der Waals surface area contributed by atoms with Gasteiger partial charge in [-0.2, -0.15) is 0 Å². The molecular formula is C15H16KNO2-. The van der Waals surface area contributed by atoms with Crippen molar-refractivity contribution >= 4 is 57.4 Å². The van der Waals surface area contributed by atoms with Crippen molar-refractivity contribution < 1.29 is 9.90 Å². The molecule has 4 heteroatoms. The molecule has 1 radical (unpaired) electrons. The second-order valence-electron chi connectivity index (χ2n) is 4.51. The van der Waals surface area contributed by atoms with Crippen molar-refractivity contribution in [1.29, 1.82) is 0 Å². The number of carbonyl (C=O) groups is 1. The molecule has 1 aromatic heterocycles. The summed E-state index contributed by atoms with van der Waals surface area (Å²) in [7, 11) is 0. The Kier molecular flexibility index (Phi) is 6.49. The summed E-state index contributed by atoms with van der Waals surface area (Å²) in [4.78, 5) is 11.4. The zero-order valence-corrected chi connectivity index (χ0v) is 14.7. The summed E-state index contributed by atoms with van der Waals surface area (Å²) in [6.07, 6.45) is 0.444. The van der Waals surface area contributed by atoms with E-state index in [1.165, 1.54) is 0 Å². The number of rotatable bonds is 4. The zero-order chi connectivity index (χ0) is 13.1. The van der Waals surface area contributed by atoms with Crippen molar-refractivity contribution in [2.24, 2.45) is 0 Å². The van der Waals surface area contributed by atoms with Crippen molar-refractivity contribution in [3.05, 3.63) is 59.4 Å². The number of hydrogen-bond acceptors (Lipinski definition) is 2. The fourth-order valence-corrected chi connectivity index (χ4v) is 2.29. The second-order valence-corrected chi connectivity index (χ2v) is 4.51. The monoisotopic (exact) mass is 281 g/mol. The normalized spacial score (nSPS) is 11.7. The molecule has 2 rings (SSSR count). The van der Waals surface area contributed by atoms with Crippen LogP contribution >= 0.6 is 0 Å². The van der Waals surface area contributed by atoms with Crippen LogP contribution in [0.15, 0.2) is 42.5 Å². The average Bonchev–Trinajstić information content (AvgIpc) is 2.67. The molecular weight excluding hydrogens is 265 g/mol. The van der Waals surface area contributed by atoms with Crippen molar-refractivity contribution in [3.8, 4) is 0 Å².